The van der Waals surface area contributed by atoms with Crippen LogP contribution in [0.25, 0.3) is 32.1 Å². The number of halogens is 3. The van der Waals surface area contributed by atoms with Gasteiger partial charge in [-0.05, 0) is 62.3 Å². The van der Waals surface area contributed by atoms with Crippen molar-refractivity contribution < 1.29 is 13.5 Å². The monoisotopic (exact) mass is 635 g/mol. The van der Waals surface area contributed by atoms with Crippen molar-refractivity contribution in [1.29, 1.82) is 5.26 Å². The van der Waals surface area contributed by atoms with Gasteiger partial charge in [-0.2, -0.15) is 15.2 Å². The molecule has 2 aromatic heterocycles. The standard InChI is InChI=1S/C32H32ClF2N7OS/c1-16-10-32(7-2-8-42(32)12-16)15-43-31-39-27-20(30(40-31)41-13-17-3-4-18(14-41)38-17)9-22(33)25(26(27)35)19-5-6-23(34)28-24(19)21(11-36)29(37)44-28/h5-6,9,16-18,38H,2-4,7-8,10,12-15,37H2,1H3/t16-,17?,18?,32+/m1/s1. The molecule has 2 unspecified atom stereocenters. The number of piperazine rings is 1. The molecule has 6 heterocycles. The van der Waals surface area contributed by atoms with Crippen LogP contribution in [-0.2, 0) is 0 Å². The van der Waals surface area contributed by atoms with E-state index in [1.54, 1.807) is 6.07 Å². The van der Waals surface area contributed by atoms with Crippen LogP contribution in [0.3, 0.4) is 0 Å². The lowest BCUT2D eigenvalue weighted by molar-refractivity contribution is 0.107. The maximum Gasteiger partial charge on any atom is 0.319 e. The zero-order valence-corrected chi connectivity index (χ0v) is 25.9. The van der Waals surface area contributed by atoms with Crippen LogP contribution in [0, 0.1) is 28.9 Å². The van der Waals surface area contributed by atoms with Gasteiger partial charge >= 0.3 is 6.01 Å². The van der Waals surface area contributed by atoms with Gasteiger partial charge in [-0.3, -0.25) is 4.90 Å². The second-order valence-electron chi connectivity index (χ2n) is 12.9. The fraction of sp³-hybridized carbons (Fsp3) is 0.469. The first-order chi connectivity index (χ1) is 21.2. The smallest absolute Gasteiger partial charge is 0.319 e. The van der Waals surface area contributed by atoms with Crippen LogP contribution in [0.2, 0.25) is 5.02 Å². The predicted octanol–water partition coefficient (Wildman–Crippen LogP) is 6.09. The fourth-order valence-electron chi connectivity index (χ4n) is 8.21. The third kappa shape index (κ3) is 4.33. The molecule has 0 amide bonds. The molecule has 44 heavy (non-hydrogen) atoms. The lowest BCUT2D eigenvalue weighted by Gasteiger charge is -2.35. The number of fused-ring (bicyclic) bond motifs is 5. The Bertz CT molecular complexity index is 1870. The zero-order chi connectivity index (χ0) is 30.3. The molecule has 0 aliphatic carbocycles. The van der Waals surface area contributed by atoms with E-state index >= 15 is 4.39 Å². The Labute approximate surface area is 262 Å². The van der Waals surface area contributed by atoms with E-state index in [4.69, 9.17) is 27.1 Å². The third-order valence-electron chi connectivity index (χ3n) is 10.0. The summed E-state index contributed by atoms with van der Waals surface area (Å²) in [5, 5.41) is 14.5. The molecule has 0 saturated carbocycles. The van der Waals surface area contributed by atoms with Gasteiger partial charge in [-0.25, -0.2) is 8.78 Å². The van der Waals surface area contributed by atoms with E-state index in [-0.39, 0.29) is 48.3 Å². The summed E-state index contributed by atoms with van der Waals surface area (Å²) in [6.45, 7) is 6.29. The van der Waals surface area contributed by atoms with Crippen LogP contribution in [0.4, 0.5) is 19.6 Å². The van der Waals surface area contributed by atoms with Crippen LogP contribution >= 0.6 is 22.9 Å². The molecule has 228 valence electrons. The average molecular weight is 636 g/mol. The number of ether oxygens (including phenoxy) is 1. The molecule has 12 heteroatoms. The van der Waals surface area contributed by atoms with E-state index in [9.17, 15) is 9.65 Å². The highest BCUT2D eigenvalue weighted by molar-refractivity contribution is 7.23. The average Bonchev–Trinajstić information content (AvgIpc) is 3.73. The number of thiophene rings is 1. The Kier molecular flexibility index (Phi) is 6.65. The molecule has 4 fully saturated rings. The molecule has 3 N–H and O–H groups in total. The molecule has 8 rings (SSSR count). The summed E-state index contributed by atoms with van der Waals surface area (Å²) in [5.74, 6) is -0.0224. The number of nitrogens with one attached hydrogen (secondary N) is 1. The lowest BCUT2D eigenvalue weighted by Crippen LogP contribution is -2.51. The maximum atomic E-state index is 16.9. The SMILES string of the molecule is C[C@H]1CN2CCC[C@@]2(COc2nc(N3CC4CCC(C3)N4)c3cc(Cl)c(-c4ccc(F)c5sc(N)c(C#N)c45)c(F)c3n2)C1. The molecule has 4 aromatic rings. The van der Waals surface area contributed by atoms with Crippen molar-refractivity contribution in [3.05, 3.63) is 40.4 Å². The van der Waals surface area contributed by atoms with Gasteiger partial charge in [0.05, 0.1) is 20.8 Å². The highest BCUT2D eigenvalue weighted by atomic mass is 35.5. The van der Waals surface area contributed by atoms with Gasteiger partial charge in [0, 0.05) is 48.1 Å². The van der Waals surface area contributed by atoms with E-state index in [1.807, 2.05) is 0 Å². The summed E-state index contributed by atoms with van der Waals surface area (Å²) in [7, 11) is 0. The maximum absolute atomic E-state index is 16.9. The second-order valence-corrected chi connectivity index (χ2v) is 14.4. The van der Waals surface area contributed by atoms with Gasteiger partial charge in [0.25, 0.3) is 0 Å². The second kappa shape index (κ2) is 10.4. The number of anilines is 2. The van der Waals surface area contributed by atoms with Crippen LogP contribution in [-0.4, -0.2) is 65.3 Å². The van der Waals surface area contributed by atoms with Gasteiger partial charge in [0.2, 0.25) is 0 Å². The molecule has 4 aliphatic heterocycles. The molecule has 0 spiro atoms. The van der Waals surface area contributed by atoms with Crippen molar-refractivity contribution in [2.24, 2.45) is 5.92 Å². The van der Waals surface area contributed by atoms with Crippen molar-refractivity contribution in [3.63, 3.8) is 0 Å². The number of nitriles is 1. The van der Waals surface area contributed by atoms with E-state index < -0.39 is 11.6 Å². The quantitative estimate of drug-likeness (QED) is 0.272. The first-order valence-corrected chi connectivity index (χ1v) is 16.4. The van der Waals surface area contributed by atoms with Crippen molar-refractivity contribution in [2.45, 2.75) is 56.7 Å². The van der Waals surface area contributed by atoms with Gasteiger partial charge in [0.1, 0.15) is 34.8 Å². The number of benzene rings is 2. The topological polar surface area (TPSA) is 103 Å². The Morgan fingerprint density at radius 1 is 1.23 bits per heavy atom. The summed E-state index contributed by atoms with van der Waals surface area (Å²) < 4.78 is 38.3. The molecular formula is C32H32ClF2N7OS. The Morgan fingerprint density at radius 3 is 2.80 bits per heavy atom. The number of nitrogen functional groups attached to an aromatic ring is 1. The molecule has 8 nitrogen and oxygen atoms in total. The molecule has 0 radical (unpaired) electrons. The molecular weight excluding hydrogens is 604 g/mol. The van der Waals surface area contributed by atoms with Crippen LogP contribution in [0.15, 0.2) is 18.2 Å². The first-order valence-electron chi connectivity index (χ1n) is 15.2. The number of rotatable bonds is 5. The number of nitrogens with two attached hydrogens (primary N) is 1. The van der Waals surface area contributed by atoms with Crippen molar-refractivity contribution in [3.8, 4) is 23.2 Å². The Morgan fingerprint density at radius 2 is 2.02 bits per heavy atom. The minimum Gasteiger partial charge on any atom is -0.461 e. The summed E-state index contributed by atoms with van der Waals surface area (Å²) >= 11 is 7.82. The number of nitrogens with zero attached hydrogens (tertiary/aromatic N) is 5. The van der Waals surface area contributed by atoms with E-state index in [2.05, 4.69) is 33.1 Å². The normalized spacial score (nSPS) is 26.5. The molecule has 2 bridgehead atoms. The molecule has 4 aliphatic rings. The van der Waals surface area contributed by atoms with Crippen LogP contribution in [0.5, 0.6) is 6.01 Å². The molecule has 2 aromatic carbocycles. The lowest BCUT2D eigenvalue weighted by atomic mass is 9.92. The number of hydrogen-bond acceptors (Lipinski definition) is 9. The molecule has 4 saturated heterocycles. The minimum atomic E-state index is -0.671. The Hall–Kier alpha value is -3.30. The van der Waals surface area contributed by atoms with Gasteiger partial charge in [-0.15, -0.1) is 11.3 Å². The van der Waals surface area contributed by atoms with E-state index in [0.717, 1.165) is 69.6 Å². The van der Waals surface area contributed by atoms with Crippen molar-refractivity contribution in [1.82, 2.24) is 20.2 Å². The van der Waals surface area contributed by atoms with Crippen LogP contribution < -0.4 is 20.7 Å². The summed E-state index contributed by atoms with van der Waals surface area (Å²) in [5.41, 5.74) is 6.54. The third-order valence-corrected chi connectivity index (χ3v) is 11.4. The highest BCUT2D eigenvalue weighted by Gasteiger charge is 2.48. The number of hydrogen-bond donors (Lipinski definition) is 2. The largest absolute Gasteiger partial charge is 0.461 e. The predicted molar refractivity (Wildman–Crippen MR) is 169 cm³/mol. The highest BCUT2D eigenvalue weighted by Crippen LogP contribution is 2.46. The minimum absolute atomic E-state index is 0.0413. The zero-order valence-electron chi connectivity index (χ0n) is 24.3. The van der Waals surface area contributed by atoms with Crippen LogP contribution in [0.1, 0.15) is 44.6 Å². The summed E-state index contributed by atoms with van der Waals surface area (Å²) in [4.78, 5) is 14.3. The van der Waals surface area contributed by atoms with Gasteiger partial charge in [-0.1, -0.05) is 24.6 Å². The van der Waals surface area contributed by atoms with E-state index in [0.29, 0.717) is 41.4 Å². The molecule has 4 atom stereocenters. The summed E-state index contributed by atoms with van der Waals surface area (Å²) in [6, 6.07) is 7.24. The van der Waals surface area contributed by atoms with Crippen molar-refractivity contribution >= 4 is 54.7 Å². The first kappa shape index (κ1) is 28.2. The van der Waals surface area contributed by atoms with Gasteiger partial charge in [0.15, 0.2) is 5.82 Å². The van der Waals surface area contributed by atoms with Crippen molar-refractivity contribution in [2.75, 3.05) is 43.4 Å². The summed E-state index contributed by atoms with van der Waals surface area (Å²) in [6.07, 6.45) is 5.39. The van der Waals surface area contributed by atoms with Gasteiger partial charge < -0.3 is 20.7 Å². The van der Waals surface area contributed by atoms with E-state index in [1.165, 1.54) is 12.1 Å². The number of aromatic nitrogens is 2. The fourth-order valence-corrected chi connectivity index (χ4v) is 9.46. The Balaban J connectivity index is 1.29.